The Morgan fingerprint density at radius 1 is 1.35 bits per heavy atom. The molecule has 2 N–H and O–H groups in total. The molecular formula is C12H12N2O3. The average Bonchev–Trinajstić information content (AvgIpc) is 2.24. The number of rotatable bonds is 3. The molecule has 1 aromatic carbocycles. The maximum Gasteiger partial charge on any atom is 0.303 e. The van der Waals surface area contributed by atoms with Crippen LogP contribution in [0.5, 0.6) is 5.75 Å². The van der Waals surface area contributed by atoms with E-state index in [9.17, 15) is 9.90 Å². The molecule has 0 aliphatic heterocycles. The van der Waals surface area contributed by atoms with Crippen molar-refractivity contribution in [3.05, 3.63) is 29.7 Å². The summed E-state index contributed by atoms with van der Waals surface area (Å²) in [4.78, 5) is 19.0. The molecule has 0 radical (unpaired) electrons. The molecule has 17 heavy (non-hydrogen) atoms. The summed E-state index contributed by atoms with van der Waals surface area (Å²) in [6.07, 6.45) is 0.395. The number of aromatic hydroxyl groups is 1. The van der Waals surface area contributed by atoms with E-state index in [1.54, 1.807) is 25.1 Å². The molecular weight excluding hydrogens is 220 g/mol. The number of aryl methyl sites for hydroxylation is 2. The SMILES string of the molecule is Cc1nc(CCC(=O)O)c2ccc(O)cc2n1. The summed E-state index contributed by atoms with van der Waals surface area (Å²) in [5.74, 6) is -0.142. The van der Waals surface area contributed by atoms with Crippen LogP contribution in [0.15, 0.2) is 18.2 Å². The predicted octanol–water partition coefficient (Wildman–Crippen LogP) is 1.66. The Morgan fingerprint density at radius 3 is 2.82 bits per heavy atom. The van der Waals surface area contributed by atoms with E-state index in [2.05, 4.69) is 9.97 Å². The lowest BCUT2D eigenvalue weighted by molar-refractivity contribution is -0.136. The summed E-state index contributed by atoms with van der Waals surface area (Å²) < 4.78 is 0. The van der Waals surface area contributed by atoms with Crippen molar-refractivity contribution in [2.45, 2.75) is 19.8 Å². The topological polar surface area (TPSA) is 83.3 Å². The fraction of sp³-hybridized carbons (Fsp3) is 0.250. The molecule has 0 saturated heterocycles. The molecule has 5 heteroatoms. The predicted molar refractivity (Wildman–Crippen MR) is 61.9 cm³/mol. The lowest BCUT2D eigenvalue weighted by atomic mass is 10.1. The van der Waals surface area contributed by atoms with Crippen LogP contribution in [0.25, 0.3) is 10.9 Å². The highest BCUT2D eigenvalue weighted by Crippen LogP contribution is 2.21. The quantitative estimate of drug-likeness (QED) is 0.840. The molecule has 0 fully saturated rings. The van der Waals surface area contributed by atoms with Crippen molar-refractivity contribution in [3.8, 4) is 5.75 Å². The van der Waals surface area contributed by atoms with Gasteiger partial charge in [0.1, 0.15) is 11.6 Å². The maximum absolute atomic E-state index is 10.6. The van der Waals surface area contributed by atoms with Crippen LogP contribution in [0.1, 0.15) is 17.9 Å². The molecule has 0 atom stereocenters. The van der Waals surface area contributed by atoms with Gasteiger partial charge in [-0.3, -0.25) is 4.79 Å². The van der Waals surface area contributed by atoms with Crippen LogP contribution >= 0.6 is 0 Å². The van der Waals surface area contributed by atoms with Crippen LogP contribution in [0, 0.1) is 6.92 Å². The van der Waals surface area contributed by atoms with Crippen LogP contribution in [-0.2, 0) is 11.2 Å². The third-order valence-electron chi connectivity index (χ3n) is 2.45. The van der Waals surface area contributed by atoms with E-state index in [0.717, 1.165) is 5.39 Å². The number of carboxylic acid groups (broad SMARTS) is 1. The van der Waals surface area contributed by atoms with E-state index in [0.29, 0.717) is 23.5 Å². The average molecular weight is 232 g/mol. The van der Waals surface area contributed by atoms with Gasteiger partial charge in [0.25, 0.3) is 0 Å². The second kappa shape index (κ2) is 4.37. The second-order valence-electron chi connectivity index (χ2n) is 3.81. The number of carboxylic acids is 1. The Hall–Kier alpha value is -2.17. The van der Waals surface area contributed by atoms with Crippen molar-refractivity contribution in [3.63, 3.8) is 0 Å². The summed E-state index contributed by atoms with van der Waals surface area (Å²) in [5, 5.41) is 18.8. The van der Waals surface area contributed by atoms with Gasteiger partial charge in [-0.2, -0.15) is 0 Å². The Balaban J connectivity index is 2.50. The fourth-order valence-electron chi connectivity index (χ4n) is 1.73. The highest BCUT2D eigenvalue weighted by atomic mass is 16.4. The Bertz CT molecular complexity index is 576. The molecule has 0 bridgehead atoms. The van der Waals surface area contributed by atoms with Crippen molar-refractivity contribution in [1.82, 2.24) is 9.97 Å². The van der Waals surface area contributed by atoms with E-state index >= 15 is 0 Å². The van der Waals surface area contributed by atoms with Crippen molar-refractivity contribution < 1.29 is 15.0 Å². The number of hydrogen-bond donors (Lipinski definition) is 2. The summed E-state index contributed by atoms with van der Waals surface area (Å²) >= 11 is 0. The van der Waals surface area contributed by atoms with Gasteiger partial charge in [-0.1, -0.05) is 0 Å². The number of phenolic OH excluding ortho intramolecular Hbond substituents is 1. The van der Waals surface area contributed by atoms with Gasteiger partial charge in [-0.05, 0) is 19.1 Å². The zero-order valence-corrected chi connectivity index (χ0v) is 9.34. The van der Waals surface area contributed by atoms with Gasteiger partial charge in [0.2, 0.25) is 0 Å². The summed E-state index contributed by atoms with van der Waals surface area (Å²) in [7, 11) is 0. The number of aliphatic carboxylic acids is 1. The first-order valence-electron chi connectivity index (χ1n) is 5.24. The van der Waals surface area contributed by atoms with Crippen LogP contribution in [0.3, 0.4) is 0 Å². The van der Waals surface area contributed by atoms with Gasteiger partial charge in [-0.25, -0.2) is 9.97 Å². The van der Waals surface area contributed by atoms with Crippen LogP contribution < -0.4 is 0 Å². The van der Waals surface area contributed by atoms with Gasteiger partial charge in [0, 0.05) is 17.9 Å². The van der Waals surface area contributed by atoms with Crippen molar-refractivity contribution in [2.24, 2.45) is 0 Å². The lowest BCUT2D eigenvalue weighted by Crippen LogP contribution is -2.02. The van der Waals surface area contributed by atoms with E-state index in [1.807, 2.05) is 0 Å². The summed E-state index contributed by atoms with van der Waals surface area (Å²) in [5.41, 5.74) is 1.34. The van der Waals surface area contributed by atoms with Crippen LogP contribution in [-0.4, -0.2) is 26.2 Å². The number of phenols is 1. The summed E-state index contributed by atoms with van der Waals surface area (Å²) in [6.45, 7) is 1.74. The number of benzene rings is 1. The first-order chi connectivity index (χ1) is 8.06. The van der Waals surface area contributed by atoms with Gasteiger partial charge in [0.15, 0.2) is 0 Å². The van der Waals surface area contributed by atoms with E-state index in [4.69, 9.17) is 5.11 Å². The number of hydrogen-bond acceptors (Lipinski definition) is 4. The molecule has 1 heterocycles. The third-order valence-corrected chi connectivity index (χ3v) is 2.45. The highest BCUT2D eigenvalue weighted by molar-refractivity contribution is 5.82. The number of nitrogens with zero attached hydrogens (tertiary/aromatic N) is 2. The van der Waals surface area contributed by atoms with E-state index in [-0.39, 0.29) is 12.2 Å². The fourth-order valence-corrected chi connectivity index (χ4v) is 1.73. The van der Waals surface area contributed by atoms with Crippen LogP contribution in [0.2, 0.25) is 0 Å². The molecule has 5 nitrogen and oxygen atoms in total. The van der Waals surface area contributed by atoms with Gasteiger partial charge >= 0.3 is 5.97 Å². The molecule has 0 spiro atoms. The molecule has 0 aliphatic rings. The zero-order chi connectivity index (χ0) is 12.4. The molecule has 88 valence electrons. The molecule has 1 aromatic heterocycles. The smallest absolute Gasteiger partial charge is 0.303 e. The van der Waals surface area contributed by atoms with Gasteiger partial charge in [-0.15, -0.1) is 0 Å². The molecule has 2 rings (SSSR count). The van der Waals surface area contributed by atoms with Gasteiger partial charge < -0.3 is 10.2 Å². The van der Waals surface area contributed by atoms with Crippen molar-refractivity contribution >= 4 is 16.9 Å². The molecule has 0 saturated carbocycles. The van der Waals surface area contributed by atoms with E-state index in [1.165, 1.54) is 0 Å². The van der Waals surface area contributed by atoms with E-state index < -0.39 is 5.97 Å². The molecule has 0 aliphatic carbocycles. The Morgan fingerprint density at radius 2 is 2.12 bits per heavy atom. The van der Waals surface area contributed by atoms with Crippen LogP contribution in [0.4, 0.5) is 0 Å². The monoisotopic (exact) mass is 232 g/mol. The first kappa shape index (κ1) is 11.3. The Labute approximate surface area is 97.8 Å². The standard InChI is InChI=1S/C12H12N2O3/c1-7-13-10(4-5-12(16)17)9-3-2-8(15)6-11(9)14-7/h2-3,6,15H,4-5H2,1H3,(H,16,17). The third kappa shape index (κ3) is 2.50. The van der Waals surface area contributed by atoms with Gasteiger partial charge in [0.05, 0.1) is 17.6 Å². The normalized spacial score (nSPS) is 10.6. The molecule has 2 aromatic rings. The number of carbonyl (C=O) groups is 1. The minimum atomic E-state index is -0.854. The second-order valence-corrected chi connectivity index (χ2v) is 3.81. The van der Waals surface area contributed by atoms with Crippen molar-refractivity contribution in [2.75, 3.05) is 0 Å². The minimum Gasteiger partial charge on any atom is -0.508 e. The number of fused-ring (bicyclic) bond motifs is 1. The summed E-state index contributed by atoms with van der Waals surface area (Å²) in [6, 6.07) is 4.81. The zero-order valence-electron chi connectivity index (χ0n) is 9.34. The molecule has 0 amide bonds. The minimum absolute atomic E-state index is 0.0342. The Kier molecular flexibility index (Phi) is 2.91. The lowest BCUT2D eigenvalue weighted by Gasteiger charge is -2.06. The molecule has 0 unspecified atom stereocenters. The largest absolute Gasteiger partial charge is 0.508 e. The maximum atomic E-state index is 10.6. The van der Waals surface area contributed by atoms with Crippen molar-refractivity contribution in [1.29, 1.82) is 0 Å². The first-order valence-corrected chi connectivity index (χ1v) is 5.24. The highest BCUT2D eigenvalue weighted by Gasteiger charge is 2.08. The number of aromatic nitrogens is 2.